The predicted octanol–water partition coefficient (Wildman–Crippen LogP) is 8.40. The largest absolute Gasteiger partial charge is 0.490 e. The number of nitrogens with one attached hydrogen (secondary N) is 1. The second kappa shape index (κ2) is 11.4. The Morgan fingerprint density at radius 2 is 1.69 bits per heavy atom. The van der Waals surface area contributed by atoms with E-state index in [1.807, 2.05) is 18.2 Å². The van der Waals surface area contributed by atoms with E-state index in [0.717, 1.165) is 42.6 Å². The Balaban J connectivity index is 1.30. The highest BCUT2D eigenvalue weighted by molar-refractivity contribution is 5.71. The highest BCUT2D eigenvalue weighted by Crippen LogP contribution is 2.49. The monoisotopic (exact) mass is 597 g/mol. The van der Waals surface area contributed by atoms with Gasteiger partial charge in [0, 0.05) is 12.1 Å². The Hall–Kier alpha value is -2.75. The average molecular weight is 598 g/mol. The molecule has 230 valence electrons. The van der Waals surface area contributed by atoms with E-state index in [2.05, 4.69) is 12.2 Å². The molecule has 2 fully saturated rings. The van der Waals surface area contributed by atoms with Crippen LogP contribution in [0.15, 0.2) is 36.4 Å². The number of benzene rings is 2. The fraction of sp³-hybridized carbons (Fsp3) is 0.594. The zero-order valence-corrected chi connectivity index (χ0v) is 23.9. The first-order valence-electron chi connectivity index (χ1n) is 14.7. The third-order valence-electron chi connectivity index (χ3n) is 9.57. The number of halogens is 6. The minimum Gasteiger partial charge on any atom is -0.490 e. The molecule has 2 saturated carbocycles. The molecular weight excluding hydrogens is 560 g/mol. The zero-order chi connectivity index (χ0) is 30.6. The van der Waals surface area contributed by atoms with Crippen LogP contribution in [0.5, 0.6) is 5.75 Å². The van der Waals surface area contributed by atoms with Crippen molar-refractivity contribution in [3.05, 3.63) is 64.2 Å². The molecule has 5 rings (SSSR count). The summed E-state index contributed by atoms with van der Waals surface area (Å²) in [4.78, 5) is 11.8. The Morgan fingerprint density at radius 3 is 2.31 bits per heavy atom. The number of carboxylic acids is 1. The molecule has 42 heavy (non-hydrogen) atoms. The Morgan fingerprint density at radius 1 is 0.976 bits per heavy atom. The van der Waals surface area contributed by atoms with Crippen molar-refractivity contribution >= 4 is 5.97 Å². The van der Waals surface area contributed by atoms with E-state index in [0.29, 0.717) is 37.0 Å². The highest BCUT2D eigenvalue weighted by atomic mass is 19.4. The first kappa shape index (κ1) is 30.7. The van der Waals surface area contributed by atoms with Gasteiger partial charge in [0.2, 0.25) is 0 Å². The Labute approximate surface area is 241 Å². The van der Waals surface area contributed by atoms with E-state index >= 15 is 0 Å². The van der Waals surface area contributed by atoms with E-state index in [1.165, 1.54) is 6.92 Å². The lowest BCUT2D eigenvalue weighted by molar-refractivity contribution is -0.142. The van der Waals surface area contributed by atoms with Crippen LogP contribution in [-0.4, -0.2) is 23.2 Å². The normalized spacial score (nSPS) is 26.7. The molecule has 0 bridgehead atoms. The summed E-state index contributed by atoms with van der Waals surface area (Å²) in [6, 6.07) is 6.53. The maximum atomic E-state index is 13.7. The topological polar surface area (TPSA) is 58.6 Å². The number of aliphatic carboxylic acids is 1. The number of carboxylic acid groups (broad SMARTS) is 1. The molecule has 1 aliphatic heterocycles. The number of aryl methyl sites for hydroxylation is 1. The quantitative estimate of drug-likeness (QED) is 0.300. The average Bonchev–Trinajstić information content (AvgIpc) is 3.68. The van der Waals surface area contributed by atoms with Gasteiger partial charge in [-0.15, -0.1) is 0 Å². The van der Waals surface area contributed by atoms with E-state index < -0.39 is 47.0 Å². The van der Waals surface area contributed by atoms with Crippen LogP contribution in [0.1, 0.15) is 92.7 Å². The molecule has 2 aliphatic carbocycles. The van der Waals surface area contributed by atoms with Crippen LogP contribution in [0, 0.1) is 23.7 Å². The number of hydrogen-bond acceptors (Lipinski definition) is 3. The van der Waals surface area contributed by atoms with Crippen LogP contribution in [0.25, 0.3) is 0 Å². The molecule has 7 atom stereocenters. The van der Waals surface area contributed by atoms with Crippen LogP contribution in [-0.2, 0) is 23.6 Å². The number of rotatable bonds is 8. The van der Waals surface area contributed by atoms with Crippen molar-refractivity contribution in [1.82, 2.24) is 5.32 Å². The molecule has 0 radical (unpaired) electrons. The first-order valence-corrected chi connectivity index (χ1v) is 14.7. The molecule has 2 aromatic rings. The minimum atomic E-state index is -4.77. The van der Waals surface area contributed by atoms with Gasteiger partial charge in [-0.2, -0.15) is 26.3 Å². The lowest BCUT2D eigenvalue weighted by atomic mass is 9.82. The minimum absolute atomic E-state index is 0.0744. The van der Waals surface area contributed by atoms with E-state index in [9.17, 15) is 36.2 Å². The number of hydrogen-bond donors (Lipinski definition) is 2. The van der Waals surface area contributed by atoms with Gasteiger partial charge < -0.3 is 15.2 Å². The van der Waals surface area contributed by atoms with Gasteiger partial charge in [-0.3, -0.25) is 4.79 Å². The Bertz CT molecular complexity index is 1300. The number of alkyl halides is 6. The lowest BCUT2D eigenvalue weighted by Crippen LogP contribution is -2.34. The summed E-state index contributed by atoms with van der Waals surface area (Å²) in [5, 5.41) is 12.9. The van der Waals surface area contributed by atoms with E-state index in [4.69, 9.17) is 4.74 Å². The number of ether oxygens (including phenoxy) is 1. The molecule has 10 heteroatoms. The van der Waals surface area contributed by atoms with Crippen molar-refractivity contribution < 1.29 is 41.0 Å². The fourth-order valence-corrected chi connectivity index (χ4v) is 7.23. The third kappa shape index (κ3) is 6.43. The van der Waals surface area contributed by atoms with Crippen LogP contribution in [0.4, 0.5) is 26.3 Å². The molecule has 2 N–H and O–H groups in total. The van der Waals surface area contributed by atoms with Gasteiger partial charge in [-0.1, -0.05) is 26.0 Å². The van der Waals surface area contributed by atoms with Crippen LogP contribution < -0.4 is 10.1 Å². The van der Waals surface area contributed by atoms with Crippen molar-refractivity contribution in [2.24, 2.45) is 23.7 Å². The van der Waals surface area contributed by atoms with Gasteiger partial charge in [0.1, 0.15) is 11.9 Å². The maximum absolute atomic E-state index is 13.7. The van der Waals surface area contributed by atoms with Crippen molar-refractivity contribution in [1.29, 1.82) is 0 Å². The number of carbonyl (C=O) groups is 1. The summed E-state index contributed by atoms with van der Waals surface area (Å²) >= 11 is 0. The summed E-state index contributed by atoms with van der Waals surface area (Å²) in [5.41, 5.74) is -0.536. The molecule has 0 spiro atoms. The van der Waals surface area contributed by atoms with Gasteiger partial charge in [0.15, 0.2) is 0 Å². The smallest absolute Gasteiger partial charge is 0.416 e. The van der Waals surface area contributed by atoms with Gasteiger partial charge in [-0.25, -0.2) is 0 Å². The van der Waals surface area contributed by atoms with Crippen LogP contribution in [0.2, 0.25) is 0 Å². The van der Waals surface area contributed by atoms with Crippen molar-refractivity contribution in [3.63, 3.8) is 0 Å². The molecule has 3 aliphatic rings. The van der Waals surface area contributed by atoms with E-state index in [1.54, 1.807) is 6.92 Å². The van der Waals surface area contributed by atoms with Gasteiger partial charge >= 0.3 is 18.3 Å². The lowest BCUT2D eigenvalue weighted by Gasteiger charge is -2.33. The molecule has 0 saturated heterocycles. The molecule has 0 aromatic heterocycles. The third-order valence-corrected chi connectivity index (χ3v) is 9.57. The van der Waals surface area contributed by atoms with Gasteiger partial charge in [0.05, 0.1) is 17.0 Å². The second-order valence-corrected chi connectivity index (χ2v) is 12.5. The molecule has 4 unspecified atom stereocenters. The summed E-state index contributed by atoms with van der Waals surface area (Å²) in [7, 11) is 0. The summed E-state index contributed by atoms with van der Waals surface area (Å²) < 4.78 is 87.6. The summed E-state index contributed by atoms with van der Waals surface area (Å²) in [5.74, 6) is 0.0349. The van der Waals surface area contributed by atoms with Gasteiger partial charge in [-0.05, 0) is 110 Å². The van der Waals surface area contributed by atoms with Crippen molar-refractivity contribution in [2.45, 2.75) is 95.8 Å². The SMILES string of the molecule is CC1CC(N[C@H](C)c2cc(C(F)(F)F)ccc2C(F)(F)F)CC1C1CCc2ccc([C@H](C3CC3)[C@H](C)C(=O)O)cc2O1. The predicted molar refractivity (Wildman–Crippen MR) is 145 cm³/mol. The molecule has 2 aromatic carbocycles. The van der Waals surface area contributed by atoms with Crippen molar-refractivity contribution in [3.8, 4) is 5.75 Å². The zero-order valence-electron chi connectivity index (χ0n) is 23.9. The molecule has 4 nitrogen and oxygen atoms in total. The highest BCUT2D eigenvalue weighted by Gasteiger charge is 2.43. The summed E-state index contributed by atoms with van der Waals surface area (Å²) in [6.07, 6.45) is -4.71. The van der Waals surface area contributed by atoms with Crippen LogP contribution in [0.3, 0.4) is 0 Å². The molecule has 0 amide bonds. The Kier molecular flexibility index (Phi) is 8.33. The second-order valence-electron chi connectivity index (χ2n) is 12.5. The van der Waals surface area contributed by atoms with E-state index in [-0.39, 0.29) is 29.9 Å². The standard InChI is InChI=1S/C32H37F6NO3/c1-16-12-23(39-18(3)25-14-22(31(33,34)35)9-10-26(25)32(36,37)38)15-24(16)27-11-8-19-4-7-21(13-28(19)42-27)29(20-5-6-20)17(2)30(40)41/h4,7,9-10,13-14,16-18,20,23-24,27,29,39H,5-6,8,11-12,15H2,1-3H3,(H,40,41)/t16?,17-,18+,23?,24?,27?,29-/m0/s1. The summed E-state index contributed by atoms with van der Waals surface area (Å²) in [6.45, 7) is 5.31. The van der Waals surface area contributed by atoms with Crippen molar-refractivity contribution in [2.75, 3.05) is 0 Å². The first-order chi connectivity index (χ1) is 19.6. The maximum Gasteiger partial charge on any atom is 0.416 e. The fourth-order valence-electron chi connectivity index (χ4n) is 7.23. The molecule has 1 heterocycles. The molecular formula is C32H37F6NO3. The number of fused-ring (bicyclic) bond motifs is 1. The van der Waals surface area contributed by atoms with Crippen LogP contribution >= 0.6 is 0 Å². The van der Waals surface area contributed by atoms with Gasteiger partial charge in [0.25, 0.3) is 0 Å².